The van der Waals surface area contributed by atoms with Crippen molar-refractivity contribution in [1.29, 1.82) is 0 Å². The van der Waals surface area contributed by atoms with Crippen molar-refractivity contribution >= 4 is 15.9 Å². The quantitative estimate of drug-likeness (QED) is 0.840. The summed E-state index contributed by atoms with van der Waals surface area (Å²) in [5.74, 6) is -0.861. The molecule has 1 aliphatic rings. The summed E-state index contributed by atoms with van der Waals surface area (Å²) >= 11 is 0. The second kappa shape index (κ2) is 6.13. The summed E-state index contributed by atoms with van der Waals surface area (Å²) < 4.78 is 26.8. The smallest absolute Gasteiger partial charge is 0.243 e. The monoisotopic (exact) mass is 311 g/mol. The van der Waals surface area contributed by atoms with Crippen LogP contribution in [0.15, 0.2) is 29.2 Å². The van der Waals surface area contributed by atoms with E-state index in [1.807, 2.05) is 6.92 Å². The van der Waals surface area contributed by atoms with Gasteiger partial charge in [0.25, 0.3) is 0 Å². The Morgan fingerprint density at radius 2 is 1.90 bits per heavy atom. The van der Waals surface area contributed by atoms with Gasteiger partial charge in [-0.15, -0.1) is 0 Å². The van der Waals surface area contributed by atoms with Gasteiger partial charge in [-0.25, -0.2) is 8.42 Å². The topological polar surface area (TPSA) is 106 Å². The third kappa shape index (κ3) is 3.25. The van der Waals surface area contributed by atoms with Crippen molar-refractivity contribution in [2.24, 2.45) is 17.4 Å². The van der Waals surface area contributed by atoms with Crippen LogP contribution in [0.4, 0.5) is 0 Å². The number of piperidine rings is 1. The molecule has 0 bridgehead atoms. The zero-order valence-electron chi connectivity index (χ0n) is 12.0. The van der Waals surface area contributed by atoms with Gasteiger partial charge in [0, 0.05) is 19.1 Å². The largest absolute Gasteiger partial charge is 0.369 e. The molecule has 21 heavy (non-hydrogen) atoms. The summed E-state index contributed by atoms with van der Waals surface area (Å²) in [5.41, 5.74) is 11.7. The summed E-state index contributed by atoms with van der Waals surface area (Å²) in [7, 11) is -3.62. The highest BCUT2D eigenvalue weighted by Gasteiger charge is 2.36. The lowest BCUT2D eigenvalue weighted by Crippen LogP contribution is -2.48. The number of hydrogen-bond donors (Lipinski definition) is 2. The van der Waals surface area contributed by atoms with Crippen LogP contribution in [0.1, 0.15) is 25.3 Å². The lowest BCUT2D eigenvalue weighted by atomic mass is 9.95. The van der Waals surface area contributed by atoms with Crippen molar-refractivity contribution in [2.75, 3.05) is 6.54 Å². The number of rotatable bonds is 4. The molecular weight excluding hydrogens is 290 g/mol. The molecule has 7 heteroatoms. The minimum Gasteiger partial charge on any atom is -0.369 e. The first-order valence-electron chi connectivity index (χ1n) is 6.96. The van der Waals surface area contributed by atoms with Crippen LogP contribution >= 0.6 is 0 Å². The van der Waals surface area contributed by atoms with Crippen molar-refractivity contribution in [3.63, 3.8) is 0 Å². The predicted molar refractivity (Wildman–Crippen MR) is 79.6 cm³/mol. The van der Waals surface area contributed by atoms with Crippen LogP contribution in [-0.4, -0.2) is 31.2 Å². The maximum absolute atomic E-state index is 12.7. The van der Waals surface area contributed by atoms with E-state index in [0.29, 0.717) is 19.4 Å². The zero-order chi connectivity index (χ0) is 15.6. The van der Waals surface area contributed by atoms with Gasteiger partial charge in [-0.2, -0.15) is 4.31 Å². The Bertz CT molecular complexity index is 613. The number of sulfonamides is 1. The van der Waals surface area contributed by atoms with Gasteiger partial charge in [-0.3, -0.25) is 4.79 Å². The number of primary amides is 1. The van der Waals surface area contributed by atoms with Gasteiger partial charge in [-0.1, -0.05) is 12.1 Å². The molecule has 0 saturated carbocycles. The molecule has 1 aliphatic heterocycles. The normalized spacial score (nSPS) is 23.9. The lowest BCUT2D eigenvalue weighted by molar-refractivity contribution is -0.123. The number of carbonyl (C=O) groups excluding carboxylic acids is 1. The molecule has 6 nitrogen and oxygen atoms in total. The average Bonchev–Trinajstić information content (AvgIpc) is 2.47. The zero-order valence-corrected chi connectivity index (χ0v) is 12.8. The van der Waals surface area contributed by atoms with E-state index in [2.05, 4.69) is 0 Å². The summed E-state index contributed by atoms with van der Waals surface area (Å²) in [6, 6.07) is 6.37. The maximum atomic E-state index is 12.7. The molecule has 1 saturated heterocycles. The van der Waals surface area contributed by atoms with Gasteiger partial charge in [0.05, 0.1) is 10.8 Å². The van der Waals surface area contributed by atoms with Crippen molar-refractivity contribution in [3.8, 4) is 0 Å². The van der Waals surface area contributed by atoms with E-state index in [4.69, 9.17) is 11.5 Å². The van der Waals surface area contributed by atoms with Gasteiger partial charge in [0.15, 0.2) is 0 Å². The Morgan fingerprint density at radius 1 is 1.29 bits per heavy atom. The molecular formula is C14H21N3O3S. The standard InChI is InChI=1S/C14H21N3O3S/c1-10-2-5-12(14(16)18)9-17(10)21(19,20)13-6-3-11(8-15)4-7-13/h3-4,6-7,10,12H,2,5,8-9,15H2,1H3,(H2,16,18). The average molecular weight is 311 g/mol. The minimum atomic E-state index is -3.62. The summed E-state index contributed by atoms with van der Waals surface area (Å²) in [4.78, 5) is 11.6. The number of benzene rings is 1. The number of nitrogens with two attached hydrogens (primary N) is 2. The Balaban J connectivity index is 2.29. The molecule has 1 fully saturated rings. The first-order valence-corrected chi connectivity index (χ1v) is 8.40. The van der Waals surface area contributed by atoms with Crippen molar-refractivity contribution in [2.45, 2.75) is 37.2 Å². The fraction of sp³-hybridized carbons (Fsp3) is 0.500. The van der Waals surface area contributed by atoms with Crippen molar-refractivity contribution < 1.29 is 13.2 Å². The number of nitrogens with zero attached hydrogens (tertiary/aromatic N) is 1. The Hall–Kier alpha value is -1.44. The second-order valence-corrected chi connectivity index (χ2v) is 7.34. The highest BCUT2D eigenvalue weighted by molar-refractivity contribution is 7.89. The van der Waals surface area contributed by atoms with Crippen LogP contribution in [0.2, 0.25) is 0 Å². The third-order valence-corrected chi connectivity index (χ3v) is 5.99. The number of amides is 1. The highest BCUT2D eigenvalue weighted by Crippen LogP contribution is 2.28. The predicted octanol–water partition coefficient (Wildman–Crippen LogP) is 0.420. The fourth-order valence-electron chi connectivity index (χ4n) is 2.57. The Kier molecular flexibility index (Phi) is 4.65. The van der Waals surface area contributed by atoms with Crippen LogP contribution in [0.25, 0.3) is 0 Å². The summed E-state index contributed by atoms with van der Waals surface area (Å²) in [5, 5.41) is 0. The molecule has 1 amide bonds. The van der Waals surface area contributed by atoms with E-state index in [0.717, 1.165) is 5.56 Å². The molecule has 1 aromatic carbocycles. The summed E-state index contributed by atoms with van der Waals surface area (Å²) in [6.07, 6.45) is 1.27. The van der Waals surface area contributed by atoms with Crippen molar-refractivity contribution in [3.05, 3.63) is 29.8 Å². The SMILES string of the molecule is CC1CCC(C(N)=O)CN1S(=O)(=O)c1ccc(CN)cc1. The lowest BCUT2D eigenvalue weighted by Gasteiger charge is -2.35. The molecule has 2 atom stereocenters. The molecule has 2 unspecified atom stereocenters. The number of carbonyl (C=O) groups is 1. The van der Waals surface area contributed by atoms with Crippen LogP contribution < -0.4 is 11.5 Å². The molecule has 0 spiro atoms. The second-order valence-electron chi connectivity index (χ2n) is 5.45. The van der Waals surface area contributed by atoms with E-state index in [-0.39, 0.29) is 17.5 Å². The first kappa shape index (κ1) is 15.9. The van der Waals surface area contributed by atoms with E-state index in [1.165, 1.54) is 4.31 Å². The first-order chi connectivity index (χ1) is 9.86. The third-order valence-electron chi connectivity index (χ3n) is 3.99. The van der Waals surface area contributed by atoms with Crippen LogP contribution in [0.3, 0.4) is 0 Å². The molecule has 0 aliphatic carbocycles. The molecule has 116 valence electrons. The Labute approximate surface area is 125 Å². The van der Waals surface area contributed by atoms with Crippen LogP contribution in [0, 0.1) is 5.92 Å². The van der Waals surface area contributed by atoms with Gasteiger partial charge in [0.2, 0.25) is 15.9 Å². The Morgan fingerprint density at radius 3 is 2.43 bits per heavy atom. The molecule has 1 heterocycles. The van der Waals surface area contributed by atoms with E-state index < -0.39 is 21.8 Å². The van der Waals surface area contributed by atoms with Gasteiger partial charge < -0.3 is 11.5 Å². The summed E-state index contributed by atoms with van der Waals surface area (Å²) in [6.45, 7) is 2.37. The molecule has 2 rings (SSSR count). The minimum absolute atomic E-state index is 0.139. The fourth-order valence-corrected chi connectivity index (χ4v) is 4.28. The van der Waals surface area contributed by atoms with Crippen LogP contribution in [-0.2, 0) is 21.4 Å². The maximum Gasteiger partial charge on any atom is 0.243 e. The molecule has 0 radical (unpaired) electrons. The number of hydrogen-bond acceptors (Lipinski definition) is 4. The molecule has 4 N–H and O–H groups in total. The van der Waals surface area contributed by atoms with E-state index >= 15 is 0 Å². The van der Waals surface area contributed by atoms with E-state index in [9.17, 15) is 13.2 Å². The highest BCUT2D eigenvalue weighted by atomic mass is 32.2. The molecule has 1 aromatic rings. The van der Waals surface area contributed by atoms with Gasteiger partial charge in [0.1, 0.15) is 0 Å². The van der Waals surface area contributed by atoms with Gasteiger partial charge >= 0.3 is 0 Å². The van der Waals surface area contributed by atoms with E-state index in [1.54, 1.807) is 24.3 Å². The van der Waals surface area contributed by atoms with Gasteiger partial charge in [-0.05, 0) is 37.5 Å². The van der Waals surface area contributed by atoms with Crippen LogP contribution in [0.5, 0.6) is 0 Å². The van der Waals surface area contributed by atoms with Crippen molar-refractivity contribution in [1.82, 2.24) is 4.31 Å². The molecule has 0 aromatic heterocycles.